The van der Waals surface area contributed by atoms with Crippen LogP contribution in [-0.2, 0) is 9.53 Å². The lowest BCUT2D eigenvalue weighted by Gasteiger charge is -2.24. The summed E-state index contributed by atoms with van der Waals surface area (Å²) in [7, 11) is 0. The molecule has 21 heavy (non-hydrogen) atoms. The van der Waals surface area contributed by atoms with Gasteiger partial charge in [0.2, 0.25) is 0 Å². The zero-order chi connectivity index (χ0) is 15.9. The Morgan fingerprint density at radius 1 is 1.33 bits per heavy atom. The minimum absolute atomic E-state index is 0.156. The zero-order valence-electron chi connectivity index (χ0n) is 13.0. The number of aldehydes is 1. The molecule has 0 bridgehead atoms. The lowest BCUT2D eigenvalue weighted by molar-refractivity contribution is -0.108. The normalized spacial score (nSPS) is 12.4. The number of benzene rings is 1. The molecule has 0 aromatic heterocycles. The minimum Gasteiger partial charge on any atom is -0.494 e. The molecule has 0 saturated carbocycles. The summed E-state index contributed by atoms with van der Waals surface area (Å²) < 4.78 is 10.8. The van der Waals surface area contributed by atoms with Crippen molar-refractivity contribution < 1.29 is 19.1 Å². The van der Waals surface area contributed by atoms with Gasteiger partial charge in [0.1, 0.15) is 17.6 Å². The first-order valence-corrected chi connectivity index (χ1v) is 7.02. The van der Waals surface area contributed by atoms with Crippen LogP contribution in [0, 0.1) is 0 Å². The molecule has 0 heterocycles. The molecule has 1 N–H and O–H groups in total. The van der Waals surface area contributed by atoms with E-state index in [1.165, 1.54) is 0 Å². The van der Waals surface area contributed by atoms with E-state index in [-0.39, 0.29) is 6.42 Å². The number of nitrogens with one attached hydrogen (secondary N) is 1. The molecule has 0 fully saturated rings. The van der Waals surface area contributed by atoms with Gasteiger partial charge in [-0.15, -0.1) is 0 Å². The topological polar surface area (TPSA) is 64.6 Å². The van der Waals surface area contributed by atoms with Gasteiger partial charge in [-0.2, -0.15) is 0 Å². The summed E-state index contributed by atoms with van der Waals surface area (Å²) in [6.07, 6.45) is 0.370. The largest absolute Gasteiger partial charge is 0.494 e. The Hall–Kier alpha value is -2.04. The maximum Gasteiger partial charge on any atom is 0.408 e. The molecule has 0 saturated heterocycles. The van der Waals surface area contributed by atoms with E-state index in [2.05, 4.69) is 5.32 Å². The summed E-state index contributed by atoms with van der Waals surface area (Å²) in [6, 6.07) is 6.86. The predicted octanol–water partition coefficient (Wildman–Crippen LogP) is 3.24. The molecular weight excluding hydrogens is 270 g/mol. The van der Waals surface area contributed by atoms with Gasteiger partial charge in [-0.1, -0.05) is 18.2 Å². The third-order valence-electron chi connectivity index (χ3n) is 2.62. The summed E-state index contributed by atoms with van der Waals surface area (Å²) in [6.45, 7) is 7.75. The summed E-state index contributed by atoms with van der Waals surface area (Å²) in [4.78, 5) is 22.8. The summed E-state index contributed by atoms with van der Waals surface area (Å²) in [5.74, 6) is 0.655. The van der Waals surface area contributed by atoms with Crippen molar-refractivity contribution in [3.8, 4) is 5.75 Å². The van der Waals surface area contributed by atoms with E-state index >= 15 is 0 Å². The van der Waals surface area contributed by atoms with Crippen LogP contribution in [0.15, 0.2) is 24.3 Å². The molecular formula is C16H23NO4. The van der Waals surface area contributed by atoms with Crippen molar-refractivity contribution in [2.75, 3.05) is 6.61 Å². The third-order valence-corrected chi connectivity index (χ3v) is 2.62. The van der Waals surface area contributed by atoms with E-state index in [1.807, 2.05) is 31.2 Å². The van der Waals surface area contributed by atoms with Gasteiger partial charge < -0.3 is 19.6 Å². The molecule has 0 unspecified atom stereocenters. The summed E-state index contributed by atoms with van der Waals surface area (Å²) in [5, 5.41) is 2.72. The van der Waals surface area contributed by atoms with E-state index < -0.39 is 17.7 Å². The van der Waals surface area contributed by atoms with Crippen LogP contribution in [0.2, 0.25) is 0 Å². The van der Waals surface area contributed by atoms with Crippen LogP contribution in [0.3, 0.4) is 0 Å². The molecule has 116 valence electrons. The van der Waals surface area contributed by atoms with Crippen molar-refractivity contribution in [3.63, 3.8) is 0 Å². The van der Waals surface area contributed by atoms with Crippen molar-refractivity contribution in [1.29, 1.82) is 0 Å². The third kappa shape index (κ3) is 5.85. The summed E-state index contributed by atoms with van der Waals surface area (Å²) in [5.41, 5.74) is 0.173. The standard InChI is InChI=1S/C16H23NO4/c1-5-20-14-9-7-6-8-12(14)13(10-11-18)17-15(19)21-16(2,3)4/h6-9,11,13H,5,10H2,1-4H3,(H,17,19)/t13-/m1/s1. The second-order valence-corrected chi connectivity index (χ2v) is 5.57. The zero-order valence-corrected chi connectivity index (χ0v) is 13.0. The Morgan fingerprint density at radius 2 is 2.00 bits per heavy atom. The maximum absolute atomic E-state index is 11.9. The number of amides is 1. The van der Waals surface area contributed by atoms with Gasteiger partial charge in [0.05, 0.1) is 12.6 Å². The summed E-state index contributed by atoms with van der Waals surface area (Å²) >= 11 is 0. The molecule has 0 aliphatic heterocycles. The Morgan fingerprint density at radius 3 is 2.57 bits per heavy atom. The molecule has 1 atom stereocenters. The predicted molar refractivity (Wildman–Crippen MR) is 80.4 cm³/mol. The van der Waals surface area contributed by atoms with Gasteiger partial charge in [-0.3, -0.25) is 0 Å². The second kappa shape index (κ2) is 7.67. The molecule has 0 spiro atoms. The van der Waals surface area contributed by atoms with Crippen LogP contribution in [0.4, 0.5) is 4.79 Å². The molecule has 0 radical (unpaired) electrons. The van der Waals surface area contributed by atoms with Gasteiger partial charge in [0, 0.05) is 12.0 Å². The van der Waals surface area contributed by atoms with Gasteiger partial charge >= 0.3 is 6.09 Å². The fourth-order valence-electron chi connectivity index (χ4n) is 1.87. The van der Waals surface area contributed by atoms with Crippen LogP contribution in [0.5, 0.6) is 5.75 Å². The minimum atomic E-state index is -0.588. The molecule has 5 nitrogen and oxygen atoms in total. The number of rotatable bonds is 6. The van der Waals surface area contributed by atoms with E-state index in [4.69, 9.17) is 9.47 Å². The first-order valence-electron chi connectivity index (χ1n) is 7.02. The van der Waals surface area contributed by atoms with Gasteiger partial charge in [-0.05, 0) is 33.8 Å². The quantitative estimate of drug-likeness (QED) is 0.818. The van der Waals surface area contributed by atoms with Crippen LogP contribution in [0.25, 0.3) is 0 Å². The van der Waals surface area contributed by atoms with Crippen molar-refractivity contribution in [3.05, 3.63) is 29.8 Å². The number of carbonyl (C=O) groups is 2. The van der Waals surface area contributed by atoms with E-state index in [9.17, 15) is 9.59 Å². The van der Waals surface area contributed by atoms with E-state index in [1.54, 1.807) is 20.8 Å². The first-order chi connectivity index (χ1) is 9.87. The number of hydrogen-bond donors (Lipinski definition) is 1. The Kier molecular flexibility index (Phi) is 6.21. The Bertz CT molecular complexity index is 479. The van der Waals surface area contributed by atoms with Crippen molar-refractivity contribution in [1.82, 2.24) is 5.32 Å². The van der Waals surface area contributed by atoms with Crippen molar-refractivity contribution in [2.45, 2.75) is 45.8 Å². The van der Waals surface area contributed by atoms with E-state index in [0.717, 1.165) is 11.8 Å². The van der Waals surface area contributed by atoms with Gasteiger partial charge in [-0.25, -0.2) is 4.79 Å². The van der Waals surface area contributed by atoms with Gasteiger partial charge in [0.15, 0.2) is 0 Å². The molecule has 1 aromatic rings. The Balaban J connectivity index is 2.91. The van der Waals surface area contributed by atoms with Crippen LogP contribution in [0.1, 0.15) is 45.7 Å². The number of alkyl carbamates (subject to hydrolysis) is 1. The number of carbonyl (C=O) groups excluding carboxylic acids is 2. The van der Waals surface area contributed by atoms with Crippen LogP contribution in [-0.4, -0.2) is 24.6 Å². The fraction of sp³-hybridized carbons (Fsp3) is 0.500. The molecule has 0 aliphatic rings. The van der Waals surface area contributed by atoms with E-state index in [0.29, 0.717) is 12.4 Å². The smallest absolute Gasteiger partial charge is 0.408 e. The molecule has 1 rings (SSSR count). The first kappa shape index (κ1) is 17.0. The fourth-order valence-corrected chi connectivity index (χ4v) is 1.87. The lowest BCUT2D eigenvalue weighted by Crippen LogP contribution is -2.35. The van der Waals surface area contributed by atoms with Crippen LogP contribution >= 0.6 is 0 Å². The highest BCUT2D eigenvalue weighted by Gasteiger charge is 2.22. The number of hydrogen-bond acceptors (Lipinski definition) is 4. The number of ether oxygens (including phenoxy) is 2. The highest BCUT2D eigenvalue weighted by molar-refractivity contribution is 5.69. The molecule has 5 heteroatoms. The molecule has 1 aromatic carbocycles. The lowest BCUT2D eigenvalue weighted by atomic mass is 10.0. The van der Waals surface area contributed by atoms with Gasteiger partial charge in [0.25, 0.3) is 0 Å². The average Bonchev–Trinajstić information content (AvgIpc) is 2.37. The average molecular weight is 293 g/mol. The Labute approximate surface area is 125 Å². The molecule has 0 aliphatic carbocycles. The highest BCUT2D eigenvalue weighted by Crippen LogP contribution is 2.27. The van der Waals surface area contributed by atoms with Crippen molar-refractivity contribution >= 4 is 12.4 Å². The van der Waals surface area contributed by atoms with Crippen LogP contribution < -0.4 is 10.1 Å². The highest BCUT2D eigenvalue weighted by atomic mass is 16.6. The number of para-hydroxylation sites is 1. The van der Waals surface area contributed by atoms with Crippen molar-refractivity contribution in [2.24, 2.45) is 0 Å². The SMILES string of the molecule is CCOc1ccccc1[C@@H](CC=O)NC(=O)OC(C)(C)C. The second-order valence-electron chi connectivity index (χ2n) is 5.57. The molecule has 1 amide bonds. The monoisotopic (exact) mass is 293 g/mol. The maximum atomic E-state index is 11.9.